The molecule has 7 heteroatoms. The Morgan fingerprint density at radius 2 is 1.71 bits per heavy atom. The van der Waals surface area contributed by atoms with Crippen LogP contribution in [0.5, 0.6) is 0 Å². The molecule has 0 bridgehead atoms. The predicted octanol–water partition coefficient (Wildman–Crippen LogP) is 5.57. The summed E-state index contributed by atoms with van der Waals surface area (Å²) < 4.78 is 40.3. The number of anilines is 1. The van der Waals surface area contributed by atoms with Crippen LogP contribution in [-0.4, -0.2) is 14.0 Å². The molecule has 0 spiro atoms. The molecule has 1 N–H and O–H groups in total. The lowest BCUT2D eigenvalue weighted by Gasteiger charge is -2.20. The van der Waals surface area contributed by atoms with Crippen LogP contribution in [0.15, 0.2) is 12.1 Å². The van der Waals surface area contributed by atoms with Gasteiger partial charge < -0.3 is 5.32 Å². The fraction of sp³-hybridized carbons (Fsp3) is 0.471. The van der Waals surface area contributed by atoms with E-state index in [4.69, 9.17) is 11.6 Å². The van der Waals surface area contributed by atoms with Crippen molar-refractivity contribution in [2.75, 3.05) is 5.32 Å². The van der Waals surface area contributed by atoms with Gasteiger partial charge in [0.1, 0.15) is 8.07 Å². The normalized spacial score (nSPS) is 12.4. The van der Waals surface area contributed by atoms with E-state index in [2.05, 4.69) is 16.8 Å². The van der Waals surface area contributed by atoms with Crippen molar-refractivity contribution in [1.29, 1.82) is 0 Å². The summed E-state index contributed by atoms with van der Waals surface area (Å²) in [6, 6.07) is 2.48. The Labute approximate surface area is 146 Å². The molecule has 0 radical (unpaired) electrons. The van der Waals surface area contributed by atoms with E-state index in [-0.39, 0.29) is 11.3 Å². The molecule has 1 amide bonds. The zero-order chi connectivity index (χ0) is 18.9. The first-order chi connectivity index (χ1) is 10.6. The Morgan fingerprint density at radius 3 is 2.12 bits per heavy atom. The lowest BCUT2D eigenvalue weighted by Crippen LogP contribution is -2.28. The molecule has 0 aliphatic heterocycles. The number of halogens is 4. The van der Waals surface area contributed by atoms with Crippen molar-refractivity contribution in [3.8, 4) is 11.5 Å². The SMILES string of the molecule is CC(C)(C)C(=O)Nc1ccc(Cl)c(C(F)(F)F)c1C#C[Si](C)(C)C. The molecule has 0 heterocycles. The van der Waals surface area contributed by atoms with Crippen LogP contribution in [0.4, 0.5) is 18.9 Å². The Morgan fingerprint density at radius 1 is 1.17 bits per heavy atom. The number of nitrogens with one attached hydrogen (secondary N) is 1. The van der Waals surface area contributed by atoms with Crippen molar-refractivity contribution < 1.29 is 18.0 Å². The largest absolute Gasteiger partial charge is 0.419 e. The third-order valence-electron chi connectivity index (χ3n) is 2.93. The molecule has 0 atom stereocenters. The average molecular weight is 376 g/mol. The smallest absolute Gasteiger partial charge is 0.324 e. The second-order valence-electron chi connectivity index (χ2n) is 7.55. The molecule has 0 aliphatic rings. The first-order valence-corrected chi connectivity index (χ1v) is 11.2. The summed E-state index contributed by atoms with van der Waals surface area (Å²) in [5.74, 6) is 2.22. The minimum Gasteiger partial charge on any atom is -0.324 e. The number of amides is 1. The highest BCUT2D eigenvalue weighted by Crippen LogP contribution is 2.40. The van der Waals surface area contributed by atoms with Gasteiger partial charge in [-0.1, -0.05) is 57.9 Å². The maximum atomic E-state index is 13.4. The zero-order valence-corrected chi connectivity index (χ0v) is 16.3. The highest BCUT2D eigenvalue weighted by molar-refractivity contribution is 6.83. The number of rotatable bonds is 1. The van der Waals surface area contributed by atoms with Crippen LogP contribution < -0.4 is 5.32 Å². The topological polar surface area (TPSA) is 29.1 Å². The van der Waals surface area contributed by atoms with E-state index in [0.29, 0.717) is 0 Å². The molecule has 0 aromatic heterocycles. The number of benzene rings is 1. The van der Waals surface area contributed by atoms with Crippen LogP contribution >= 0.6 is 11.6 Å². The van der Waals surface area contributed by atoms with E-state index in [1.807, 2.05) is 19.6 Å². The van der Waals surface area contributed by atoms with Crippen molar-refractivity contribution in [1.82, 2.24) is 0 Å². The van der Waals surface area contributed by atoms with Gasteiger partial charge in [0, 0.05) is 5.41 Å². The van der Waals surface area contributed by atoms with Crippen LogP contribution in [0.3, 0.4) is 0 Å². The van der Waals surface area contributed by atoms with Gasteiger partial charge in [-0.15, -0.1) is 5.54 Å². The second-order valence-corrected chi connectivity index (χ2v) is 12.7. The fourth-order valence-electron chi connectivity index (χ4n) is 1.65. The second kappa shape index (κ2) is 6.81. The van der Waals surface area contributed by atoms with Crippen molar-refractivity contribution >= 4 is 31.3 Å². The Bertz CT molecular complexity index is 704. The summed E-state index contributed by atoms with van der Waals surface area (Å²) >= 11 is 5.77. The monoisotopic (exact) mass is 375 g/mol. The molecule has 0 unspecified atom stereocenters. The van der Waals surface area contributed by atoms with Gasteiger partial charge in [0.05, 0.1) is 21.8 Å². The van der Waals surface area contributed by atoms with Crippen molar-refractivity contribution in [3.05, 3.63) is 28.3 Å². The molecule has 0 saturated carbocycles. The summed E-state index contributed by atoms with van der Waals surface area (Å²) in [6.45, 7) is 10.8. The highest BCUT2D eigenvalue weighted by atomic mass is 35.5. The lowest BCUT2D eigenvalue weighted by molar-refractivity contribution is -0.137. The molecule has 24 heavy (non-hydrogen) atoms. The molecule has 1 rings (SSSR count). The first-order valence-electron chi connectivity index (χ1n) is 7.37. The van der Waals surface area contributed by atoms with Crippen LogP contribution in [0.25, 0.3) is 0 Å². The number of carbonyl (C=O) groups excluding carboxylic acids is 1. The lowest BCUT2D eigenvalue weighted by atomic mass is 9.95. The molecule has 1 aromatic carbocycles. The molecule has 1 aromatic rings. The number of hydrogen-bond donors (Lipinski definition) is 1. The molecule has 2 nitrogen and oxygen atoms in total. The predicted molar refractivity (Wildman–Crippen MR) is 94.8 cm³/mol. The van der Waals surface area contributed by atoms with Gasteiger partial charge in [-0.25, -0.2) is 0 Å². The minimum absolute atomic E-state index is 0.0254. The van der Waals surface area contributed by atoms with E-state index >= 15 is 0 Å². The van der Waals surface area contributed by atoms with Crippen LogP contribution in [-0.2, 0) is 11.0 Å². The minimum atomic E-state index is -4.66. The molecular formula is C17H21ClF3NOSi. The summed E-state index contributed by atoms with van der Waals surface area (Å²) in [7, 11) is -1.92. The average Bonchev–Trinajstić information content (AvgIpc) is 2.34. The maximum absolute atomic E-state index is 13.4. The van der Waals surface area contributed by atoms with Crippen LogP contribution in [0, 0.1) is 16.9 Å². The van der Waals surface area contributed by atoms with Crippen molar-refractivity contribution in [3.63, 3.8) is 0 Å². The number of hydrogen-bond acceptors (Lipinski definition) is 1. The van der Waals surface area contributed by atoms with Crippen LogP contribution in [0.1, 0.15) is 31.9 Å². The first kappa shape index (κ1) is 20.6. The maximum Gasteiger partial charge on any atom is 0.419 e. The summed E-state index contributed by atoms with van der Waals surface area (Å²) in [5.41, 5.74) is 0.891. The highest BCUT2D eigenvalue weighted by Gasteiger charge is 2.37. The van der Waals surface area contributed by atoms with Gasteiger partial charge in [0.2, 0.25) is 5.91 Å². The van der Waals surface area contributed by atoms with Gasteiger partial charge in [-0.3, -0.25) is 4.79 Å². The van der Waals surface area contributed by atoms with E-state index in [1.165, 1.54) is 6.07 Å². The van der Waals surface area contributed by atoms with Crippen molar-refractivity contribution in [2.24, 2.45) is 5.41 Å². The van der Waals surface area contributed by atoms with E-state index in [9.17, 15) is 18.0 Å². The summed E-state index contributed by atoms with van der Waals surface area (Å²) in [5, 5.41) is 2.11. The summed E-state index contributed by atoms with van der Waals surface area (Å²) in [4.78, 5) is 12.2. The Hall–Kier alpha value is -1.45. The third kappa shape index (κ3) is 5.57. The van der Waals surface area contributed by atoms with Gasteiger partial charge in [0.25, 0.3) is 0 Å². The van der Waals surface area contributed by atoms with E-state index in [1.54, 1.807) is 20.8 Å². The van der Waals surface area contributed by atoms with Gasteiger partial charge >= 0.3 is 6.18 Å². The third-order valence-corrected chi connectivity index (χ3v) is 4.12. The Kier molecular flexibility index (Phi) is 5.84. The standard InChI is InChI=1S/C17H21ClF3NOSi/c1-16(2,3)15(23)22-13-8-7-12(18)14(17(19,20)21)11(13)9-10-24(4,5)6/h7-8H,1-6H3,(H,22,23). The van der Waals surface area contributed by atoms with E-state index < -0.39 is 36.2 Å². The number of alkyl halides is 3. The number of carbonyl (C=O) groups is 1. The van der Waals surface area contributed by atoms with Crippen LogP contribution in [0.2, 0.25) is 24.7 Å². The fourth-order valence-corrected chi connectivity index (χ4v) is 2.41. The van der Waals surface area contributed by atoms with Crippen molar-refractivity contribution in [2.45, 2.75) is 46.6 Å². The zero-order valence-electron chi connectivity index (χ0n) is 14.6. The molecule has 132 valence electrons. The van der Waals surface area contributed by atoms with Gasteiger partial charge in [0.15, 0.2) is 0 Å². The van der Waals surface area contributed by atoms with Gasteiger partial charge in [-0.05, 0) is 12.1 Å². The quantitative estimate of drug-likeness (QED) is 0.504. The Balaban J connectivity index is 3.60. The van der Waals surface area contributed by atoms with E-state index in [0.717, 1.165) is 6.07 Å². The molecular weight excluding hydrogens is 355 g/mol. The van der Waals surface area contributed by atoms with Gasteiger partial charge in [-0.2, -0.15) is 13.2 Å². The summed E-state index contributed by atoms with van der Waals surface area (Å²) in [6.07, 6.45) is -4.66. The molecule has 0 aliphatic carbocycles. The molecule has 0 fully saturated rings. The molecule has 0 saturated heterocycles.